The van der Waals surface area contributed by atoms with Crippen LogP contribution in [0.1, 0.15) is 30.9 Å². The summed E-state index contributed by atoms with van der Waals surface area (Å²) < 4.78 is 12.2. The molecule has 2 aliphatic heterocycles. The van der Waals surface area contributed by atoms with E-state index >= 15 is 0 Å². The molecule has 0 amide bonds. The Morgan fingerprint density at radius 3 is 2.88 bits per heavy atom. The summed E-state index contributed by atoms with van der Waals surface area (Å²) in [5, 5.41) is 3.39. The third-order valence-electron chi connectivity index (χ3n) is 3.62. The Hall–Kier alpha value is -0.900. The molecule has 2 aliphatic rings. The molecule has 2 saturated heterocycles. The van der Waals surface area contributed by atoms with E-state index < -0.39 is 0 Å². The van der Waals surface area contributed by atoms with Gasteiger partial charge in [0.2, 0.25) is 0 Å². The Morgan fingerprint density at radius 2 is 2.00 bits per heavy atom. The summed E-state index contributed by atoms with van der Waals surface area (Å²) in [4.78, 5) is 0. The summed E-state index contributed by atoms with van der Waals surface area (Å²) >= 11 is 0. The monoisotopic (exact) mass is 233 g/mol. The fraction of sp³-hybridized carbons (Fsp3) is 0.571. The third-order valence-corrected chi connectivity index (χ3v) is 3.62. The molecule has 3 nitrogen and oxygen atoms in total. The molecule has 2 atom stereocenters. The van der Waals surface area contributed by atoms with Crippen LogP contribution in [0.5, 0.6) is 0 Å². The van der Waals surface area contributed by atoms with Crippen LogP contribution in [-0.2, 0) is 9.47 Å². The largest absolute Gasteiger partial charge is 0.347 e. The maximum atomic E-state index is 6.19. The van der Waals surface area contributed by atoms with Crippen molar-refractivity contribution in [2.24, 2.45) is 0 Å². The highest BCUT2D eigenvalue weighted by Gasteiger charge is 2.41. The fourth-order valence-electron chi connectivity index (χ4n) is 2.66. The Kier molecular flexibility index (Phi) is 3.14. The van der Waals surface area contributed by atoms with E-state index in [0.29, 0.717) is 6.61 Å². The first-order valence-corrected chi connectivity index (χ1v) is 6.45. The number of nitrogens with one attached hydrogen (secondary N) is 1. The Balaban J connectivity index is 1.72. The van der Waals surface area contributed by atoms with E-state index in [4.69, 9.17) is 9.47 Å². The lowest BCUT2D eigenvalue weighted by Gasteiger charge is -2.26. The maximum Gasteiger partial charge on any atom is 0.170 e. The van der Waals surface area contributed by atoms with Crippen LogP contribution in [0, 0.1) is 0 Å². The van der Waals surface area contributed by atoms with Gasteiger partial charge in [-0.25, -0.2) is 0 Å². The third kappa shape index (κ3) is 2.37. The molecule has 0 aromatic heterocycles. The molecule has 2 fully saturated rings. The summed E-state index contributed by atoms with van der Waals surface area (Å²) in [5.41, 5.74) is 1.22. The molecular formula is C14H19NO2. The zero-order valence-electron chi connectivity index (χ0n) is 10.0. The van der Waals surface area contributed by atoms with Crippen molar-refractivity contribution in [1.82, 2.24) is 5.32 Å². The molecule has 0 aliphatic carbocycles. The van der Waals surface area contributed by atoms with Gasteiger partial charge in [0.05, 0.1) is 6.61 Å². The van der Waals surface area contributed by atoms with Gasteiger partial charge in [-0.3, -0.25) is 0 Å². The minimum Gasteiger partial charge on any atom is -0.347 e. The zero-order chi connectivity index (χ0) is 11.6. The van der Waals surface area contributed by atoms with Gasteiger partial charge in [0.25, 0.3) is 0 Å². The van der Waals surface area contributed by atoms with Gasteiger partial charge in [-0.2, -0.15) is 0 Å². The van der Waals surface area contributed by atoms with Crippen LogP contribution in [0.15, 0.2) is 30.3 Å². The Labute approximate surface area is 102 Å². The van der Waals surface area contributed by atoms with Crippen LogP contribution in [-0.4, -0.2) is 25.5 Å². The second-order valence-electron chi connectivity index (χ2n) is 4.84. The van der Waals surface area contributed by atoms with Gasteiger partial charge in [0, 0.05) is 19.4 Å². The van der Waals surface area contributed by atoms with Gasteiger partial charge < -0.3 is 14.8 Å². The van der Waals surface area contributed by atoms with Gasteiger partial charge >= 0.3 is 0 Å². The van der Waals surface area contributed by atoms with Gasteiger partial charge in [-0.05, 0) is 18.5 Å². The summed E-state index contributed by atoms with van der Waals surface area (Å²) in [5.74, 6) is -0.329. The molecule has 0 bridgehead atoms. The standard InChI is InChI=1S/C14H19NO2/c1-2-5-12(6-3-1)13-11-16-14(17-13)7-4-9-15-10-8-14/h1-3,5-6,13,15H,4,7-11H2/t13-,14?/m0/s1. The quantitative estimate of drug-likeness (QED) is 0.807. The van der Waals surface area contributed by atoms with Crippen LogP contribution in [0.2, 0.25) is 0 Å². The molecule has 1 N–H and O–H groups in total. The summed E-state index contributed by atoms with van der Waals surface area (Å²) in [6, 6.07) is 10.4. The van der Waals surface area contributed by atoms with Crippen molar-refractivity contribution in [1.29, 1.82) is 0 Å². The van der Waals surface area contributed by atoms with Crippen LogP contribution in [0.3, 0.4) is 0 Å². The van der Waals surface area contributed by atoms with Crippen molar-refractivity contribution in [2.45, 2.75) is 31.2 Å². The second kappa shape index (κ2) is 4.77. The molecule has 92 valence electrons. The molecule has 0 radical (unpaired) electrons. The Bertz CT molecular complexity index is 358. The second-order valence-corrected chi connectivity index (χ2v) is 4.84. The first kappa shape index (κ1) is 11.2. The lowest BCUT2D eigenvalue weighted by Crippen LogP contribution is -2.31. The lowest BCUT2D eigenvalue weighted by atomic mass is 10.1. The van der Waals surface area contributed by atoms with Crippen molar-refractivity contribution in [2.75, 3.05) is 19.7 Å². The SMILES string of the molecule is c1ccc([C@@H]2COC3(CCCNCC3)O2)cc1. The predicted molar refractivity (Wildman–Crippen MR) is 65.7 cm³/mol. The van der Waals surface area contributed by atoms with E-state index in [1.807, 2.05) is 6.07 Å². The Morgan fingerprint density at radius 1 is 1.12 bits per heavy atom. The van der Waals surface area contributed by atoms with E-state index in [1.165, 1.54) is 5.56 Å². The summed E-state index contributed by atoms with van der Waals surface area (Å²) in [6.07, 6.45) is 3.19. The molecule has 1 unspecified atom stereocenters. The first-order chi connectivity index (χ1) is 8.38. The molecule has 1 spiro atoms. The highest BCUT2D eigenvalue weighted by molar-refractivity contribution is 5.18. The van der Waals surface area contributed by atoms with Crippen molar-refractivity contribution in [3.8, 4) is 0 Å². The fourth-order valence-corrected chi connectivity index (χ4v) is 2.66. The van der Waals surface area contributed by atoms with E-state index in [0.717, 1.165) is 32.4 Å². The average molecular weight is 233 g/mol. The minimum absolute atomic E-state index is 0.106. The normalized spacial score (nSPS) is 33.8. The molecule has 17 heavy (non-hydrogen) atoms. The first-order valence-electron chi connectivity index (χ1n) is 6.45. The molecule has 2 heterocycles. The topological polar surface area (TPSA) is 30.5 Å². The van der Waals surface area contributed by atoms with Gasteiger partial charge in [0.1, 0.15) is 6.10 Å². The zero-order valence-corrected chi connectivity index (χ0v) is 10.0. The highest BCUT2D eigenvalue weighted by atomic mass is 16.7. The lowest BCUT2D eigenvalue weighted by molar-refractivity contribution is -0.174. The van der Waals surface area contributed by atoms with Crippen LogP contribution in [0.25, 0.3) is 0 Å². The van der Waals surface area contributed by atoms with Gasteiger partial charge in [0.15, 0.2) is 5.79 Å². The highest BCUT2D eigenvalue weighted by Crippen LogP contribution is 2.38. The molecule has 3 heteroatoms. The van der Waals surface area contributed by atoms with Crippen molar-refractivity contribution >= 4 is 0 Å². The molecule has 1 aromatic carbocycles. The van der Waals surface area contributed by atoms with E-state index in [9.17, 15) is 0 Å². The summed E-state index contributed by atoms with van der Waals surface area (Å²) in [7, 11) is 0. The van der Waals surface area contributed by atoms with E-state index in [1.54, 1.807) is 0 Å². The number of hydrogen-bond acceptors (Lipinski definition) is 3. The maximum absolute atomic E-state index is 6.19. The molecule has 0 saturated carbocycles. The van der Waals surface area contributed by atoms with Crippen LogP contribution < -0.4 is 5.32 Å². The minimum atomic E-state index is -0.329. The van der Waals surface area contributed by atoms with Crippen LogP contribution in [0.4, 0.5) is 0 Å². The molecular weight excluding hydrogens is 214 g/mol. The number of ether oxygens (including phenoxy) is 2. The van der Waals surface area contributed by atoms with E-state index in [2.05, 4.69) is 29.6 Å². The summed E-state index contributed by atoms with van der Waals surface area (Å²) in [6.45, 7) is 2.75. The van der Waals surface area contributed by atoms with E-state index in [-0.39, 0.29) is 11.9 Å². The smallest absolute Gasteiger partial charge is 0.170 e. The number of hydrogen-bond donors (Lipinski definition) is 1. The molecule has 3 rings (SSSR count). The average Bonchev–Trinajstić information content (AvgIpc) is 2.65. The van der Waals surface area contributed by atoms with Crippen molar-refractivity contribution in [3.05, 3.63) is 35.9 Å². The van der Waals surface area contributed by atoms with Crippen molar-refractivity contribution < 1.29 is 9.47 Å². The predicted octanol–water partition coefficient (Wildman–Crippen LogP) is 2.24. The number of benzene rings is 1. The van der Waals surface area contributed by atoms with Crippen LogP contribution >= 0.6 is 0 Å². The van der Waals surface area contributed by atoms with Crippen molar-refractivity contribution in [3.63, 3.8) is 0 Å². The van der Waals surface area contributed by atoms with Gasteiger partial charge in [-0.1, -0.05) is 30.3 Å². The molecule has 1 aromatic rings. The van der Waals surface area contributed by atoms with Gasteiger partial charge in [-0.15, -0.1) is 0 Å². The number of rotatable bonds is 1.